The van der Waals surface area contributed by atoms with Crippen LogP contribution in [0.3, 0.4) is 0 Å². The van der Waals surface area contributed by atoms with Crippen molar-refractivity contribution < 1.29 is 9.53 Å². The maximum absolute atomic E-state index is 12.7. The molecule has 0 saturated heterocycles. The Bertz CT molecular complexity index is 1210. The maximum Gasteiger partial charge on any atom is 0.341 e. The molecule has 1 aromatic carbocycles. The van der Waals surface area contributed by atoms with Gasteiger partial charge in [0.05, 0.1) is 36.3 Å². The molecule has 180 valence electrons. The first-order valence-corrected chi connectivity index (χ1v) is 13.0. The number of hydrogen-bond acceptors (Lipinski definition) is 5. The fourth-order valence-corrected chi connectivity index (χ4v) is 6.10. The van der Waals surface area contributed by atoms with Crippen LogP contribution in [0.4, 0.5) is 10.7 Å². The summed E-state index contributed by atoms with van der Waals surface area (Å²) in [7, 11) is 1.44. The highest BCUT2D eigenvalue weighted by Crippen LogP contribution is 2.37. The van der Waals surface area contributed by atoms with Gasteiger partial charge in [-0.2, -0.15) is 5.10 Å². The average Bonchev–Trinajstić information content (AvgIpc) is 3.25. The van der Waals surface area contributed by atoms with E-state index in [2.05, 4.69) is 35.8 Å². The summed E-state index contributed by atoms with van der Waals surface area (Å²) in [6, 6.07) is 8.34. The molecule has 0 fully saturated rings. The van der Waals surface area contributed by atoms with Crippen molar-refractivity contribution in [3.8, 4) is 0 Å². The van der Waals surface area contributed by atoms with Crippen LogP contribution in [0.1, 0.15) is 69.0 Å². The van der Waals surface area contributed by atoms with Gasteiger partial charge in [0.25, 0.3) is 0 Å². The summed E-state index contributed by atoms with van der Waals surface area (Å²) in [6.45, 7) is 6.83. The lowest BCUT2D eigenvalue weighted by Gasteiger charge is -2.13. The lowest BCUT2D eigenvalue weighted by atomic mass is 9.96. The third-order valence-corrected chi connectivity index (χ3v) is 7.90. The van der Waals surface area contributed by atoms with Crippen LogP contribution in [0, 0.1) is 20.8 Å². The summed E-state index contributed by atoms with van der Waals surface area (Å²) in [6.07, 6.45) is 6.57. The molecule has 2 aromatic heterocycles. The van der Waals surface area contributed by atoms with Crippen LogP contribution >= 0.6 is 23.6 Å². The zero-order valence-electron chi connectivity index (χ0n) is 20.3. The van der Waals surface area contributed by atoms with E-state index in [9.17, 15) is 4.79 Å². The third kappa shape index (κ3) is 5.18. The highest BCUT2D eigenvalue weighted by atomic mass is 32.1. The SMILES string of the molecule is COC(=O)c1c(NC(=S)Nc2c(C)nn(Cc3ccccc3C)c2C)sc2c1CCCCCC2. The minimum atomic E-state index is -0.304. The lowest BCUT2D eigenvalue weighted by molar-refractivity contribution is 0.0601. The molecule has 0 amide bonds. The molecular weight excluding hydrogens is 464 g/mol. The molecular formula is C26H32N4O2S2. The van der Waals surface area contributed by atoms with Crippen LogP contribution in [0.5, 0.6) is 0 Å². The molecule has 0 spiro atoms. The number of rotatable bonds is 5. The summed E-state index contributed by atoms with van der Waals surface area (Å²) in [4.78, 5) is 14.0. The van der Waals surface area contributed by atoms with Crippen LogP contribution in [0.25, 0.3) is 0 Å². The topological polar surface area (TPSA) is 68.2 Å². The Morgan fingerprint density at radius 2 is 1.85 bits per heavy atom. The number of thiophene rings is 1. The third-order valence-electron chi connectivity index (χ3n) is 6.49. The first-order chi connectivity index (χ1) is 16.4. The number of benzene rings is 1. The highest BCUT2D eigenvalue weighted by molar-refractivity contribution is 7.80. The Morgan fingerprint density at radius 1 is 1.12 bits per heavy atom. The van der Waals surface area contributed by atoms with Gasteiger partial charge in [0, 0.05) is 4.88 Å². The fourth-order valence-electron chi connectivity index (χ4n) is 4.55. The van der Waals surface area contributed by atoms with Crippen LogP contribution in [-0.2, 0) is 24.1 Å². The number of hydrogen-bond donors (Lipinski definition) is 2. The van der Waals surface area contributed by atoms with Gasteiger partial charge in [0.1, 0.15) is 5.00 Å². The Morgan fingerprint density at radius 3 is 2.59 bits per heavy atom. The van der Waals surface area contributed by atoms with Crippen molar-refractivity contribution in [2.75, 3.05) is 17.7 Å². The number of esters is 1. The quantitative estimate of drug-likeness (QED) is 0.325. The summed E-state index contributed by atoms with van der Waals surface area (Å²) in [5.74, 6) is -0.304. The normalized spacial score (nSPS) is 13.5. The van der Waals surface area contributed by atoms with Gasteiger partial charge in [-0.3, -0.25) is 4.68 Å². The zero-order valence-corrected chi connectivity index (χ0v) is 21.9. The van der Waals surface area contributed by atoms with Gasteiger partial charge in [-0.15, -0.1) is 11.3 Å². The van der Waals surface area contributed by atoms with E-state index in [0.717, 1.165) is 53.3 Å². The Balaban J connectivity index is 1.55. The van der Waals surface area contributed by atoms with Crippen molar-refractivity contribution in [1.29, 1.82) is 0 Å². The second-order valence-corrected chi connectivity index (χ2v) is 10.3. The van der Waals surface area contributed by atoms with E-state index in [0.29, 0.717) is 17.2 Å². The van der Waals surface area contributed by atoms with Crippen molar-refractivity contribution in [3.05, 3.63) is 62.8 Å². The number of carbonyl (C=O) groups is 1. The van der Waals surface area contributed by atoms with Crippen LogP contribution in [-0.4, -0.2) is 28.0 Å². The van der Waals surface area contributed by atoms with Crippen molar-refractivity contribution in [1.82, 2.24) is 9.78 Å². The maximum atomic E-state index is 12.7. The number of carbonyl (C=O) groups excluding carboxylic acids is 1. The van der Waals surface area contributed by atoms with E-state index in [-0.39, 0.29) is 5.97 Å². The molecule has 0 aliphatic heterocycles. The first kappa shape index (κ1) is 24.4. The number of aromatic nitrogens is 2. The molecule has 3 aromatic rings. The molecule has 1 aliphatic rings. The van der Waals surface area contributed by atoms with Crippen molar-refractivity contribution in [2.24, 2.45) is 0 Å². The monoisotopic (exact) mass is 496 g/mol. The van der Waals surface area contributed by atoms with Gasteiger partial charge in [0.15, 0.2) is 5.11 Å². The smallest absolute Gasteiger partial charge is 0.341 e. The van der Waals surface area contributed by atoms with Gasteiger partial charge in [-0.25, -0.2) is 4.79 Å². The number of fused-ring (bicyclic) bond motifs is 1. The molecule has 6 nitrogen and oxygen atoms in total. The van der Waals surface area contributed by atoms with E-state index in [1.165, 1.54) is 36.0 Å². The molecule has 2 heterocycles. The van der Waals surface area contributed by atoms with E-state index < -0.39 is 0 Å². The molecule has 1 aliphatic carbocycles. The number of ether oxygens (including phenoxy) is 1. The molecule has 0 unspecified atom stereocenters. The van der Waals surface area contributed by atoms with E-state index >= 15 is 0 Å². The summed E-state index contributed by atoms with van der Waals surface area (Å²) in [5.41, 5.74) is 7.01. The van der Waals surface area contributed by atoms with E-state index in [4.69, 9.17) is 22.1 Å². The second kappa shape index (κ2) is 10.7. The largest absolute Gasteiger partial charge is 0.465 e. The average molecular weight is 497 g/mol. The summed E-state index contributed by atoms with van der Waals surface area (Å²) < 4.78 is 7.13. The molecule has 0 atom stereocenters. The Kier molecular flexibility index (Phi) is 7.68. The number of nitrogens with one attached hydrogen (secondary N) is 2. The van der Waals surface area contributed by atoms with Crippen LogP contribution in [0.15, 0.2) is 24.3 Å². The standard InChI is InChI=1S/C26H32N4O2S2/c1-16-11-9-10-12-19(16)15-30-18(3)23(17(2)29-30)27-26(33)28-24-22(25(31)32-4)20-13-7-5-6-8-14-21(20)34-24/h9-12H,5-8,13-15H2,1-4H3,(H2,27,28,33). The predicted octanol–water partition coefficient (Wildman–Crippen LogP) is 6.17. The van der Waals surface area contributed by atoms with Gasteiger partial charge in [0.2, 0.25) is 0 Å². The minimum absolute atomic E-state index is 0.304. The van der Waals surface area contributed by atoms with Crippen LogP contribution in [0.2, 0.25) is 0 Å². The first-order valence-electron chi connectivity index (χ1n) is 11.8. The van der Waals surface area contributed by atoms with E-state index in [1.54, 1.807) is 11.3 Å². The fraction of sp³-hybridized carbons (Fsp3) is 0.423. The number of methoxy groups -OCH3 is 1. The molecule has 0 radical (unpaired) electrons. The van der Waals surface area contributed by atoms with Crippen molar-refractivity contribution in [3.63, 3.8) is 0 Å². The van der Waals surface area contributed by atoms with E-state index in [1.807, 2.05) is 24.6 Å². The molecule has 0 saturated carbocycles. The Hall–Kier alpha value is -2.71. The van der Waals surface area contributed by atoms with Gasteiger partial charge in [-0.05, 0) is 75.4 Å². The molecule has 8 heteroatoms. The zero-order chi connectivity index (χ0) is 24.2. The summed E-state index contributed by atoms with van der Waals surface area (Å²) >= 11 is 7.29. The highest BCUT2D eigenvalue weighted by Gasteiger charge is 2.25. The lowest BCUT2D eigenvalue weighted by Crippen LogP contribution is -2.21. The summed E-state index contributed by atoms with van der Waals surface area (Å²) in [5, 5.41) is 12.6. The van der Waals surface area contributed by atoms with Crippen molar-refractivity contribution >= 4 is 45.3 Å². The van der Waals surface area contributed by atoms with Crippen LogP contribution < -0.4 is 10.6 Å². The number of anilines is 2. The molecule has 2 N–H and O–H groups in total. The van der Waals surface area contributed by atoms with Gasteiger partial charge in [-0.1, -0.05) is 37.1 Å². The Labute approximate surface area is 210 Å². The van der Waals surface area contributed by atoms with Gasteiger partial charge >= 0.3 is 5.97 Å². The minimum Gasteiger partial charge on any atom is -0.465 e. The molecule has 0 bridgehead atoms. The second-order valence-electron chi connectivity index (χ2n) is 8.82. The van der Waals surface area contributed by atoms with Gasteiger partial charge < -0.3 is 15.4 Å². The van der Waals surface area contributed by atoms with Crippen molar-refractivity contribution in [2.45, 2.75) is 65.8 Å². The molecule has 34 heavy (non-hydrogen) atoms. The number of nitrogens with zero attached hydrogens (tertiary/aromatic N) is 2. The number of aryl methyl sites for hydroxylation is 3. The number of thiocarbonyl (C=S) groups is 1. The molecule has 4 rings (SSSR count). The predicted molar refractivity (Wildman–Crippen MR) is 143 cm³/mol.